The molecule has 5 atom stereocenters. The van der Waals surface area contributed by atoms with Crippen LogP contribution in [0, 0.1) is 5.92 Å². The van der Waals surface area contributed by atoms with E-state index in [0.717, 1.165) is 20.0 Å². The van der Waals surface area contributed by atoms with Crippen molar-refractivity contribution in [1.29, 1.82) is 0 Å². The molecule has 1 aliphatic heterocycles. The molecule has 0 aromatic heterocycles. The van der Waals surface area contributed by atoms with E-state index in [9.17, 15) is 16.8 Å². The first kappa shape index (κ1) is 23.7. The molecule has 11 nitrogen and oxygen atoms in total. The molecule has 2 fully saturated rings. The molecule has 2 aliphatic rings. The third-order valence-corrected chi connectivity index (χ3v) is 4.58. The van der Waals surface area contributed by atoms with Crippen LogP contribution >= 0.6 is 0 Å². The van der Waals surface area contributed by atoms with Crippen LogP contribution in [-0.4, -0.2) is 70.4 Å². The van der Waals surface area contributed by atoms with Crippen LogP contribution in [0.25, 0.3) is 0 Å². The maximum absolute atomic E-state index is 11.1. The molecule has 2 N–H and O–H groups in total. The second kappa shape index (κ2) is 9.21. The molecule has 0 spiro atoms. The molecule has 0 bridgehead atoms. The van der Waals surface area contributed by atoms with Crippen molar-refractivity contribution in [3.05, 3.63) is 0 Å². The number of hydrogen-bond donors (Lipinski definition) is 2. The van der Waals surface area contributed by atoms with Gasteiger partial charge in [-0.2, -0.15) is 16.8 Å². The summed E-state index contributed by atoms with van der Waals surface area (Å²) in [5, 5.41) is 0. The molecular weight excluding hydrogens is 395 g/mol. The molecule has 14 heteroatoms. The van der Waals surface area contributed by atoms with Crippen molar-refractivity contribution in [2.75, 3.05) is 13.7 Å². The van der Waals surface area contributed by atoms with E-state index in [1.807, 2.05) is 0 Å². The molecule has 0 radical (unpaired) electrons. The zero-order chi connectivity index (χ0) is 18.1. The zero-order valence-electron chi connectivity index (χ0n) is 14.0. The molecule has 1 heterocycles. The maximum atomic E-state index is 11.1. The fourth-order valence-electron chi connectivity index (χ4n) is 2.42. The van der Waals surface area contributed by atoms with Gasteiger partial charge in [-0.3, -0.25) is 9.11 Å². The molecule has 0 aromatic carbocycles. The summed E-state index contributed by atoms with van der Waals surface area (Å²) in [6, 6.07) is 0. The second-order valence-corrected chi connectivity index (χ2v) is 7.76. The van der Waals surface area contributed by atoms with E-state index in [1.54, 1.807) is 0 Å². The monoisotopic (exact) mass is 415 g/mol. The first-order valence-corrected chi connectivity index (χ1v) is 9.84. The minimum absolute atomic E-state index is 0. The van der Waals surface area contributed by atoms with E-state index in [0.29, 0.717) is 5.92 Å². The average Bonchev–Trinajstić information content (AvgIpc) is 3.22. The fourth-order valence-corrected chi connectivity index (χ4v) is 3.40. The summed E-state index contributed by atoms with van der Waals surface area (Å²) in [6.07, 6.45) is -4.64. The van der Waals surface area contributed by atoms with E-state index in [2.05, 4.69) is 8.37 Å². The predicted molar refractivity (Wildman–Crippen MR) is 76.7 cm³/mol. The van der Waals surface area contributed by atoms with Crippen molar-refractivity contribution >= 4 is 20.8 Å². The maximum Gasteiger partial charge on any atom is 1.00 e. The smallest absolute Gasteiger partial charge is 0.372 e. The number of ether oxygens (including phenoxy) is 3. The molecule has 25 heavy (non-hydrogen) atoms. The zero-order valence-corrected chi connectivity index (χ0v) is 17.6. The molecule has 1 aliphatic carbocycles. The van der Waals surface area contributed by atoms with Crippen LogP contribution < -0.4 is 29.6 Å². The Morgan fingerprint density at radius 3 is 1.96 bits per heavy atom. The van der Waals surface area contributed by atoms with Crippen LogP contribution in [0.4, 0.5) is 0 Å². The van der Waals surface area contributed by atoms with Crippen molar-refractivity contribution in [1.82, 2.24) is 0 Å². The standard InChI is InChI=1S/C11H20O11S2.Na/c1-6-8(19-5-7-3-4-7)9(21-23(12,13)14)10(11(18-2)20-6)22-24(15,16)17;/h6-11H,3-5H2,1-2H3,(H,12,13,14)(H,15,16,17);/q;+1/t6-,8-,9+,10+,11+;/m0./s1. The summed E-state index contributed by atoms with van der Waals surface area (Å²) in [4.78, 5) is 0. The largest absolute Gasteiger partial charge is 1.00 e. The quantitative estimate of drug-likeness (QED) is 0.300. The van der Waals surface area contributed by atoms with E-state index in [4.69, 9.17) is 23.3 Å². The van der Waals surface area contributed by atoms with Crippen molar-refractivity contribution in [2.45, 2.75) is 50.5 Å². The molecule has 142 valence electrons. The Morgan fingerprint density at radius 1 is 1.00 bits per heavy atom. The van der Waals surface area contributed by atoms with Crippen LogP contribution in [0.2, 0.25) is 0 Å². The topological polar surface area (TPSA) is 155 Å². The molecule has 1 saturated carbocycles. The van der Waals surface area contributed by atoms with Gasteiger partial charge in [-0.15, -0.1) is 0 Å². The third-order valence-electron chi connectivity index (χ3n) is 3.65. The Hall–Kier alpha value is 0.620. The molecule has 0 unspecified atom stereocenters. The van der Waals surface area contributed by atoms with Gasteiger partial charge in [0.15, 0.2) is 12.4 Å². The summed E-state index contributed by atoms with van der Waals surface area (Å²) in [7, 11) is -8.80. The van der Waals surface area contributed by atoms with Gasteiger partial charge in [0.25, 0.3) is 0 Å². The summed E-state index contributed by atoms with van der Waals surface area (Å²) in [6.45, 7) is 1.81. The molecule has 1 saturated heterocycles. The summed E-state index contributed by atoms with van der Waals surface area (Å²) < 4.78 is 87.1. The molecule has 2 rings (SSSR count). The minimum Gasteiger partial charge on any atom is -0.372 e. The number of rotatable bonds is 8. The number of hydrogen-bond acceptors (Lipinski definition) is 9. The molecule has 0 amide bonds. The van der Waals surface area contributed by atoms with Crippen molar-refractivity contribution in [2.24, 2.45) is 5.92 Å². The summed E-state index contributed by atoms with van der Waals surface area (Å²) in [5.74, 6) is 0.310. The van der Waals surface area contributed by atoms with Gasteiger partial charge < -0.3 is 14.2 Å². The minimum atomic E-state index is -4.99. The van der Waals surface area contributed by atoms with Crippen LogP contribution in [0.1, 0.15) is 19.8 Å². The van der Waals surface area contributed by atoms with Gasteiger partial charge in [-0.05, 0) is 25.7 Å². The second-order valence-electron chi connectivity index (χ2n) is 5.66. The SMILES string of the molecule is CO[C@@H]1O[C@@H](C)[C@H](OCC2CC2)[C@@H](OS(=O)(=O)O)[C@H]1OS(=O)(=O)O.[Na+]. The van der Waals surface area contributed by atoms with Crippen LogP contribution in [-0.2, 0) is 43.4 Å². The summed E-state index contributed by atoms with van der Waals surface area (Å²) in [5.41, 5.74) is 0. The van der Waals surface area contributed by atoms with Gasteiger partial charge in [0.1, 0.15) is 12.2 Å². The first-order chi connectivity index (χ1) is 11.0. The van der Waals surface area contributed by atoms with E-state index >= 15 is 0 Å². The van der Waals surface area contributed by atoms with Gasteiger partial charge in [-0.25, -0.2) is 8.37 Å². The normalized spacial score (nSPS) is 33.7. The number of methoxy groups -OCH3 is 1. The van der Waals surface area contributed by atoms with Crippen molar-refractivity contribution in [3.63, 3.8) is 0 Å². The van der Waals surface area contributed by atoms with Crippen LogP contribution in [0.15, 0.2) is 0 Å². The Labute approximate surface area is 168 Å². The predicted octanol–water partition coefficient (Wildman–Crippen LogP) is -3.45. The Kier molecular flexibility index (Phi) is 8.72. The fraction of sp³-hybridized carbons (Fsp3) is 1.00. The van der Waals surface area contributed by atoms with Crippen LogP contribution in [0.3, 0.4) is 0 Å². The van der Waals surface area contributed by atoms with Crippen molar-refractivity contribution < 1.29 is 78.1 Å². The van der Waals surface area contributed by atoms with Gasteiger partial charge >= 0.3 is 50.4 Å². The van der Waals surface area contributed by atoms with E-state index in [-0.39, 0.29) is 36.2 Å². The van der Waals surface area contributed by atoms with Gasteiger partial charge in [0, 0.05) is 7.11 Å². The Bertz CT molecular complexity index is 632. The Morgan fingerprint density at radius 2 is 1.52 bits per heavy atom. The van der Waals surface area contributed by atoms with E-state index in [1.165, 1.54) is 6.92 Å². The molecular formula is C11H20NaO11S2+. The van der Waals surface area contributed by atoms with Crippen molar-refractivity contribution in [3.8, 4) is 0 Å². The first-order valence-electron chi connectivity index (χ1n) is 7.11. The molecule has 0 aromatic rings. The van der Waals surface area contributed by atoms with Gasteiger partial charge in [-0.1, -0.05) is 0 Å². The third kappa shape index (κ3) is 7.63. The van der Waals surface area contributed by atoms with Gasteiger partial charge in [0.2, 0.25) is 0 Å². The Balaban J connectivity index is 0.00000312. The summed E-state index contributed by atoms with van der Waals surface area (Å²) >= 11 is 0. The van der Waals surface area contributed by atoms with Gasteiger partial charge in [0.05, 0.1) is 12.7 Å². The van der Waals surface area contributed by atoms with E-state index < -0.39 is 51.5 Å². The van der Waals surface area contributed by atoms with Crippen LogP contribution in [0.5, 0.6) is 0 Å². The average molecular weight is 415 g/mol.